The minimum atomic E-state index is -0.695. The Bertz CT molecular complexity index is 286. The first-order chi connectivity index (χ1) is 8.64. The minimum absolute atomic E-state index is 0.0329. The summed E-state index contributed by atoms with van der Waals surface area (Å²) in [6.45, 7) is 2.99. The van der Waals surface area contributed by atoms with E-state index < -0.39 is 5.54 Å². The molecule has 4 N–H and O–H groups in total. The van der Waals surface area contributed by atoms with E-state index in [2.05, 4.69) is 10.6 Å². The lowest BCUT2D eigenvalue weighted by molar-refractivity contribution is -0.135. The van der Waals surface area contributed by atoms with E-state index in [0.717, 1.165) is 38.5 Å². The van der Waals surface area contributed by atoms with Crippen molar-refractivity contribution in [2.45, 2.75) is 57.4 Å². The van der Waals surface area contributed by atoms with E-state index in [0.29, 0.717) is 13.1 Å². The van der Waals surface area contributed by atoms with Gasteiger partial charge in [0.2, 0.25) is 11.8 Å². The van der Waals surface area contributed by atoms with Gasteiger partial charge in [0.25, 0.3) is 0 Å². The summed E-state index contributed by atoms with van der Waals surface area (Å²) in [5.41, 5.74) is 4.68. The highest BCUT2D eigenvalue weighted by Gasteiger charge is 2.40. The molecule has 1 aliphatic carbocycles. The summed E-state index contributed by atoms with van der Waals surface area (Å²) in [6, 6.07) is 0. The van der Waals surface area contributed by atoms with E-state index in [1.165, 1.54) is 0 Å². The fourth-order valence-electron chi connectivity index (χ4n) is 2.43. The van der Waals surface area contributed by atoms with Gasteiger partial charge in [-0.3, -0.25) is 9.59 Å². The Balaban J connectivity index is 2.68. The van der Waals surface area contributed by atoms with Crippen molar-refractivity contribution in [3.63, 3.8) is 0 Å². The van der Waals surface area contributed by atoms with Gasteiger partial charge in [0.1, 0.15) is 5.54 Å². The molecule has 0 aliphatic heterocycles. The maximum absolute atomic E-state index is 12.3. The van der Waals surface area contributed by atoms with Crippen molar-refractivity contribution in [2.24, 2.45) is 5.73 Å². The zero-order valence-electron chi connectivity index (χ0n) is 11.3. The number of hydrogen-bond acceptors (Lipinski definition) is 3. The Hall–Kier alpha value is -1.10. The molecule has 0 atom stereocenters. The molecule has 0 aromatic carbocycles. The lowest BCUT2D eigenvalue weighted by Gasteiger charge is -2.36. The molecule has 18 heavy (non-hydrogen) atoms. The maximum Gasteiger partial charge on any atom is 0.245 e. The number of nitrogens with two attached hydrogens (primary N) is 1. The molecule has 1 rings (SSSR count). The van der Waals surface area contributed by atoms with Crippen LogP contribution in [0.3, 0.4) is 0 Å². The molecule has 0 heterocycles. The van der Waals surface area contributed by atoms with Gasteiger partial charge >= 0.3 is 0 Å². The van der Waals surface area contributed by atoms with Gasteiger partial charge in [0.15, 0.2) is 0 Å². The molecule has 0 spiro atoms. The summed E-state index contributed by atoms with van der Waals surface area (Å²) >= 11 is 0. The van der Waals surface area contributed by atoms with Gasteiger partial charge in [-0.1, -0.05) is 26.2 Å². The molecule has 2 amide bonds. The molecule has 0 radical (unpaired) electrons. The molecule has 0 unspecified atom stereocenters. The van der Waals surface area contributed by atoms with Crippen LogP contribution >= 0.6 is 0 Å². The van der Waals surface area contributed by atoms with Crippen LogP contribution in [0.15, 0.2) is 0 Å². The average molecular weight is 255 g/mol. The van der Waals surface area contributed by atoms with Crippen molar-refractivity contribution in [1.82, 2.24) is 10.6 Å². The smallest absolute Gasteiger partial charge is 0.245 e. The fourth-order valence-corrected chi connectivity index (χ4v) is 2.43. The van der Waals surface area contributed by atoms with Crippen LogP contribution in [0.1, 0.15) is 51.9 Å². The van der Waals surface area contributed by atoms with E-state index in [1.54, 1.807) is 0 Å². The molecule has 0 aromatic heterocycles. The van der Waals surface area contributed by atoms with Crippen LogP contribution in [0.4, 0.5) is 0 Å². The first-order valence-electron chi connectivity index (χ1n) is 6.94. The standard InChI is InChI=1S/C13H25N3O2/c1-2-10-15-12(18)13(7-4-3-5-8-13)16-11(17)6-9-14/h2-10,14H2,1H3,(H,15,18)(H,16,17). The summed E-state index contributed by atoms with van der Waals surface area (Å²) in [5.74, 6) is -0.152. The summed E-state index contributed by atoms with van der Waals surface area (Å²) in [5, 5.41) is 5.82. The molecule has 1 aliphatic rings. The van der Waals surface area contributed by atoms with Crippen molar-refractivity contribution in [3.05, 3.63) is 0 Å². The van der Waals surface area contributed by atoms with Crippen LogP contribution in [0.2, 0.25) is 0 Å². The van der Waals surface area contributed by atoms with Crippen LogP contribution in [-0.2, 0) is 9.59 Å². The molecule has 0 bridgehead atoms. The molecular formula is C13H25N3O2. The summed E-state index contributed by atoms with van der Waals surface area (Å²) in [6.07, 6.45) is 5.76. The second kappa shape index (κ2) is 7.36. The Morgan fingerprint density at radius 2 is 1.89 bits per heavy atom. The van der Waals surface area contributed by atoms with Gasteiger partial charge in [-0.25, -0.2) is 0 Å². The van der Waals surface area contributed by atoms with Gasteiger partial charge in [-0.05, 0) is 19.3 Å². The van der Waals surface area contributed by atoms with Crippen molar-refractivity contribution in [2.75, 3.05) is 13.1 Å². The predicted molar refractivity (Wildman–Crippen MR) is 70.9 cm³/mol. The van der Waals surface area contributed by atoms with Gasteiger partial charge < -0.3 is 16.4 Å². The highest BCUT2D eigenvalue weighted by molar-refractivity contribution is 5.91. The third kappa shape index (κ3) is 3.98. The first kappa shape index (κ1) is 15.0. The average Bonchev–Trinajstić information content (AvgIpc) is 2.37. The zero-order valence-corrected chi connectivity index (χ0v) is 11.3. The monoisotopic (exact) mass is 255 g/mol. The molecule has 5 nitrogen and oxygen atoms in total. The summed E-state index contributed by atoms with van der Waals surface area (Å²) < 4.78 is 0. The van der Waals surface area contributed by atoms with Crippen LogP contribution in [-0.4, -0.2) is 30.4 Å². The van der Waals surface area contributed by atoms with Crippen molar-refractivity contribution < 1.29 is 9.59 Å². The Labute approximate surface area is 109 Å². The van der Waals surface area contributed by atoms with E-state index in [9.17, 15) is 9.59 Å². The Morgan fingerprint density at radius 3 is 2.44 bits per heavy atom. The summed E-state index contributed by atoms with van der Waals surface area (Å²) in [4.78, 5) is 24.0. The van der Waals surface area contributed by atoms with E-state index in [4.69, 9.17) is 5.73 Å². The second-order valence-corrected chi connectivity index (χ2v) is 4.99. The normalized spacial score (nSPS) is 18.1. The van der Waals surface area contributed by atoms with Crippen molar-refractivity contribution in [3.8, 4) is 0 Å². The zero-order chi connectivity index (χ0) is 13.4. The molecule has 5 heteroatoms. The van der Waals surface area contributed by atoms with E-state index in [-0.39, 0.29) is 18.2 Å². The molecule has 104 valence electrons. The fraction of sp³-hybridized carbons (Fsp3) is 0.846. The van der Waals surface area contributed by atoms with Crippen LogP contribution in [0.25, 0.3) is 0 Å². The largest absolute Gasteiger partial charge is 0.354 e. The van der Waals surface area contributed by atoms with Gasteiger partial charge in [0.05, 0.1) is 0 Å². The molecule has 1 fully saturated rings. The Kier molecular flexibility index (Phi) is 6.12. The number of amides is 2. The topological polar surface area (TPSA) is 84.2 Å². The molecule has 1 saturated carbocycles. The Morgan fingerprint density at radius 1 is 1.22 bits per heavy atom. The van der Waals surface area contributed by atoms with Crippen LogP contribution in [0.5, 0.6) is 0 Å². The minimum Gasteiger partial charge on any atom is -0.354 e. The number of rotatable bonds is 6. The van der Waals surface area contributed by atoms with Crippen molar-refractivity contribution in [1.29, 1.82) is 0 Å². The quantitative estimate of drug-likeness (QED) is 0.652. The summed E-state index contributed by atoms with van der Waals surface area (Å²) in [7, 11) is 0. The number of hydrogen-bond donors (Lipinski definition) is 3. The molecule has 0 aromatic rings. The highest BCUT2D eigenvalue weighted by Crippen LogP contribution is 2.28. The van der Waals surface area contributed by atoms with Crippen LogP contribution in [0, 0.1) is 0 Å². The van der Waals surface area contributed by atoms with E-state index >= 15 is 0 Å². The third-order valence-corrected chi connectivity index (χ3v) is 3.43. The highest BCUT2D eigenvalue weighted by atomic mass is 16.2. The number of carbonyl (C=O) groups excluding carboxylic acids is 2. The number of nitrogens with one attached hydrogen (secondary N) is 2. The van der Waals surface area contributed by atoms with Gasteiger partial charge in [0, 0.05) is 19.5 Å². The van der Waals surface area contributed by atoms with Crippen LogP contribution < -0.4 is 16.4 Å². The molecule has 0 saturated heterocycles. The second-order valence-electron chi connectivity index (χ2n) is 4.99. The predicted octanol–water partition coefficient (Wildman–Crippen LogP) is 0.681. The lowest BCUT2D eigenvalue weighted by atomic mass is 9.80. The van der Waals surface area contributed by atoms with Gasteiger partial charge in [-0.15, -0.1) is 0 Å². The van der Waals surface area contributed by atoms with E-state index in [1.807, 2.05) is 6.92 Å². The van der Waals surface area contributed by atoms with Gasteiger partial charge in [-0.2, -0.15) is 0 Å². The number of carbonyl (C=O) groups is 2. The third-order valence-electron chi connectivity index (χ3n) is 3.43. The lowest BCUT2D eigenvalue weighted by Crippen LogP contribution is -2.60. The maximum atomic E-state index is 12.3. The molecular weight excluding hydrogens is 230 g/mol. The SMILES string of the molecule is CCCNC(=O)C1(NC(=O)CCN)CCCCC1. The first-order valence-corrected chi connectivity index (χ1v) is 6.94. The van der Waals surface area contributed by atoms with Crippen molar-refractivity contribution >= 4 is 11.8 Å².